The molecule has 0 aliphatic carbocycles. The molecule has 0 atom stereocenters. The monoisotopic (exact) mass is 240 g/mol. The van der Waals surface area contributed by atoms with E-state index < -0.39 is 11.6 Å². The summed E-state index contributed by atoms with van der Waals surface area (Å²) in [7, 11) is 0. The van der Waals surface area contributed by atoms with E-state index >= 15 is 0 Å². The van der Waals surface area contributed by atoms with Crippen molar-refractivity contribution in [1.82, 2.24) is 0 Å². The lowest BCUT2D eigenvalue weighted by atomic mass is 10.2. The Bertz CT molecular complexity index is 167. The van der Waals surface area contributed by atoms with Crippen molar-refractivity contribution in [3.8, 4) is 0 Å². The van der Waals surface area contributed by atoms with Gasteiger partial charge < -0.3 is 4.74 Å². The minimum Gasteiger partial charge on any atom is -0.462 e. The molecule has 0 bridgehead atoms. The molecular weight excluding hydrogens is 227 g/mol. The predicted octanol–water partition coefficient (Wildman–Crippen LogP) is 2.45. The molecule has 0 aromatic heterocycles. The van der Waals surface area contributed by atoms with Crippen molar-refractivity contribution in [2.45, 2.75) is 37.7 Å². The smallest absolute Gasteiger partial charge is 0.343 e. The zero-order valence-electron chi connectivity index (χ0n) is 7.78. The highest BCUT2D eigenvalue weighted by molar-refractivity contribution is 9.10. The van der Waals surface area contributed by atoms with Gasteiger partial charge in [-0.05, 0) is 27.7 Å². The molecule has 4 heteroatoms. The first-order valence-corrected chi connectivity index (χ1v) is 4.47. The Balaban J connectivity index is 3.90. The molecule has 0 unspecified atom stereocenters. The second-order valence-corrected chi connectivity index (χ2v) is 5.91. The van der Waals surface area contributed by atoms with Crippen molar-refractivity contribution in [3.05, 3.63) is 0 Å². The van der Waals surface area contributed by atoms with Crippen LogP contribution >= 0.6 is 15.9 Å². The number of hydrogen-bond donors (Lipinski definition) is 0. The third-order valence-electron chi connectivity index (χ3n) is 1.03. The minimum atomic E-state index is -1.90. The molecule has 0 aromatic rings. The van der Waals surface area contributed by atoms with Gasteiger partial charge in [-0.3, -0.25) is 0 Å². The van der Waals surface area contributed by atoms with Gasteiger partial charge in [0.15, 0.2) is 0 Å². The van der Waals surface area contributed by atoms with Gasteiger partial charge in [-0.15, -0.1) is 0 Å². The van der Waals surface area contributed by atoms with E-state index in [0.717, 1.165) is 0 Å². The molecule has 0 aliphatic heterocycles. The predicted molar refractivity (Wildman–Crippen MR) is 49.2 cm³/mol. The lowest BCUT2D eigenvalue weighted by Crippen LogP contribution is -2.32. The topological polar surface area (TPSA) is 26.3 Å². The van der Waals surface area contributed by atoms with Gasteiger partial charge in [0.2, 0.25) is 5.67 Å². The molecule has 0 fully saturated rings. The summed E-state index contributed by atoms with van der Waals surface area (Å²) >= 11 is 3.27. The first kappa shape index (κ1) is 11.9. The summed E-state index contributed by atoms with van der Waals surface area (Å²) in [5.74, 6) is -0.824. The summed E-state index contributed by atoms with van der Waals surface area (Å²) in [6.07, 6.45) is 0. The standard InChI is InChI=1S/C8H14BrFO2/c1-7(2,9)5-12-6(11)8(3,4)10/h5H2,1-4H3. The number of carbonyl (C=O) groups is 1. The van der Waals surface area contributed by atoms with E-state index in [1.54, 1.807) is 0 Å². The molecule has 0 N–H and O–H groups in total. The van der Waals surface area contributed by atoms with E-state index in [1.807, 2.05) is 13.8 Å². The van der Waals surface area contributed by atoms with Gasteiger partial charge >= 0.3 is 5.97 Å². The van der Waals surface area contributed by atoms with Gasteiger partial charge in [-0.25, -0.2) is 9.18 Å². The SMILES string of the molecule is CC(C)(Br)COC(=O)C(C)(C)F. The largest absolute Gasteiger partial charge is 0.462 e. The first-order chi connectivity index (χ1) is 5.13. The molecule has 0 spiro atoms. The lowest BCUT2D eigenvalue weighted by Gasteiger charge is -2.19. The van der Waals surface area contributed by atoms with Crippen LogP contribution in [-0.4, -0.2) is 22.6 Å². The number of ether oxygens (including phenoxy) is 1. The third-order valence-corrected chi connectivity index (χ3v) is 1.26. The summed E-state index contributed by atoms with van der Waals surface area (Å²) in [6, 6.07) is 0. The van der Waals surface area contributed by atoms with Crippen molar-refractivity contribution in [2.75, 3.05) is 6.61 Å². The Morgan fingerprint density at radius 1 is 1.42 bits per heavy atom. The number of alkyl halides is 2. The van der Waals surface area contributed by atoms with Crippen LogP contribution in [0.1, 0.15) is 27.7 Å². The summed E-state index contributed by atoms with van der Waals surface area (Å²) in [5.41, 5.74) is -1.90. The fourth-order valence-corrected chi connectivity index (χ4v) is 0.523. The van der Waals surface area contributed by atoms with Crippen molar-refractivity contribution >= 4 is 21.9 Å². The van der Waals surface area contributed by atoms with Crippen LogP contribution in [0.3, 0.4) is 0 Å². The number of halogens is 2. The van der Waals surface area contributed by atoms with E-state index in [2.05, 4.69) is 15.9 Å². The van der Waals surface area contributed by atoms with E-state index in [4.69, 9.17) is 4.74 Å². The van der Waals surface area contributed by atoms with Gasteiger partial charge in [0.05, 0.1) is 4.32 Å². The zero-order chi connectivity index (χ0) is 9.99. The molecule has 0 radical (unpaired) electrons. The fraction of sp³-hybridized carbons (Fsp3) is 0.875. The Morgan fingerprint density at radius 2 is 1.83 bits per heavy atom. The van der Waals surface area contributed by atoms with E-state index in [9.17, 15) is 9.18 Å². The highest BCUT2D eigenvalue weighted by atomic mass is 79.9. The number of carbonyl (C=O) groups excluding carboxylic acids is 1. The van der Waals surface area contributed by atoms with Crippen LogP contribution in [0.25, 0.3) is 0 Å². The molecule has 2 nitrogen and oxygen atoms in total. The van der Waals surface area contributed by atoms with Crippen LogP contribution in [0.4, 0.5) is 4.39 Å². The minimum absolute atomic E-state index is 0.166. The van der Waals surface area contributed by atoms with E-state index in [1.165, 1.54) is 13.8 Å². The second-order valence-electron chi connectivity index (χ2n) is 3.77. The summed E-state index contributed by atoms with van der Waals surface area (Å²) in [4.78, 5) is 10.9. The van der Waals surface area contributed by atoms with Gasteiger partial charge in [-0.2, -0.15) is 0 Å². The Labute approximate surface area is 80.6 Å². The van der Waals surface area contributed by atoms with Crippen molar-refractivity contribution in [3.63, 3.8) is 0 Å². The third kappa shape index (κ3) is 5.52. The molecule has 72 valence electrons. The number of hydrogen-bond acceptors (Lipinski definition) is 2. The average Bonchev–Trinajstić information content (AvgIpc) is 1.78. The summed E-state index contributed by atoms with van der Waals surface area (Å²) in [5, 5.41) is 0. The lowest BCUT2D eigenvalue weighted by molar-refractivity contribution is -0.156. The maximum atomic E-state index is 12.9. The maximum Gasteiger partial charge on any atom is 0.343 e. The molecule has 0 amide bonds. The number of rotatable bonds is 3. The van der Waals surface area contributed by atoms with Gasteiger partial charge in [0.25, 0.3) is 0 Å². The molecule has 0 rings (SSSR count). The molecule has 0 saturated carbocycles. The fourth-order valence-electron chi connectivity index (χ4n) is 0.409. The molecular formula is C8H14BrFO2. The van der Waals surface area contributed by atoms with Crippen LogP contribution in [0.5, 0.6) is 0 Å². The van der Waals surface area contributed by atoms with Crippen LogP contribution < -0.4 is 0 Å². The highest BCUT2D eigenvalue weighted by Gasteiger charge is 2.29. The molecule has 0 heterocycles. The Kier molecular flexibility index (Phi) is 3.69. The quantitative estimate of drug-likeness (QED) is 0.560. The van der Waals surface area contributed by atoms with Crippen LogP contribution in [0.2, 0.25) is 0 Å². The summed E-state index contributed by atoms with van der Waals surface area (Å²) in [6.45, 7) is 6.20. The van der Waals surface area contributed by atoms with Crippen LogP contribution in [0.15, 0.2) is 0 Å². The van der Waals surface area contributed by atoms with Crippen LogP contribution in [0, 0.1) is 0 Å². The Morgan fingerprint density at radius 3 is 2.08 bits per heavy atom. The van der Waals surface area contributed by atoms with Gasteiger partial charge in [0, 0.05) is 0 Å². The van der Waals surface area contributed by atoms with Gasteiger partial charge in [-0.1, -0.05) is 15.9 Å². The van der Waals surface area contributed by atoms with Crippen molar-refractivity contribution < 1.29 is 13.9 Å². The molecule has 0 aliphatic rings. The Hall–Kier alpha value is -0.120. The van der Waals surface area contributed by atoms with Gasteiger partial charge in [0.1, 0.15) is 6.61 Å². The second kappa shape index (κ2) is 3.73. The van der Waals surface area contributed by atoms with E-state index in [0.29, 0.717) is 0 Å². The zero-order valence-corrected chi connectivity index (χ0v) is 9.37. The van der Waals surface area contributed by atoms with Crippen molar-refractivity contribution in [1.29, 1.82) is 0 Å². The molecule has 12 heavy (non-hydrogen) atoms. The first-order valence-electron chi connectivity index (χ1n) is 3.68. The maximum absolute atomic E-state index is 12.9. The number of esters is 1. The normalized spacial score (nSPS) is 12.8. The van der Waals surface area contributed by atoms with Crippen LogP contribution in [-0.2, 0) is 9.53 Å². The molecule has 0 saturated heterocycles. The highest BCUT2D eigenvalue weighted by Crippen LogP contribution is 2.18. The van der Waals surface area contributed by atoms with E-state index in [-0.39, 0.29) is 10.9 Å². The summed E-state index contributed by atoms with van der Waals surface area (Å²) < 4.78 is 17.3. The van der Waals surface area contributed by atoms with Crippen molar-refractivity contribution in [2.24, 2.45) is 0 Å². The molecule has 0 aromatic carbocycles. The average molecular weight is 241 g/mol.